The van der Waals surface area contributed by atoms with Crippen LogP contribution in [0.5, 0.6) is 5.75 Å². The molecule has 18 heavy (non-hydrogen) atoms. The fraction of sp³-hybridized carbons (Fsp3) is 0.500. The van der Waals surface area contributed by atoms with Crippen molar-refractivity contribution in [1.29, 1.82) is 0 Å². The van der Waals surface area contributed by atoms with Crippen LogP contribution in [0.2, 0.25) is 0 Å². The molecule has 0 aliphatic carbocycles. The molecule has 0 spiro atoms. The van der Waals surface area contributed by atoms with Crippen LogP contribution in [-0.4, -0.2) is 36.2 Å². The second-order valence-electron chi connectivity index (χ2n) is 5.14. The molecule has 0 amide bonds. The topological polar surface area (TPSA) is 49.8 Å². The average molecular weight is 249 g/mol. The lowest BCUT2D eigenvalue weighted by molar-refractivity contribution is -0.147. The molecule has 1 atom stereocenters. The van der Waals surface area contributed by atoms with E-state index in [1.54, 1.807) is 7.11 Å². The van der Waals surface area contributed by atoms with Gasteiger partial charge >= 0.3 is 5.97 Å². The predicted molar refractivity (Wildman–Crippen MR) is 68.6 cm³/mol. The standard InChI is InChI=1S/C14H19NO3/c1-14(13(16)17)7-8-15(10-14)9-11-5-3-4-6-12(11)18-2/h3-6H,7-10H2,1-2H3,(H,16,17). The van der Waals surface area contributed by atoms with Crippen LogP contribution in [0.25, 0.3) is 0 Å². The number of likely N-dealkylation sites (tertiary alicyclic amines) is 1. The summed E-state index contributed by atoms with van der Waals surface area (Å²) in [6.45, 7) is 3.98. The van der Waals surface area contributed by atoms with E-state index in [2.05, 4.69) is 4.90 Å². The van der Waals surface area contributed by atoms with Gasteiger partial charge in [0.25, 0.3) is 0 Å². The van der Waals surface area contributed by atoms with E-state index in [0.29, 0.717) is 13.0 Å². The highest BCUT2D eigenvalue weighted by molar-refractivity contribution is 5.74. The third kappa shape index (κ3) is 2.48. The normalized spacial score (nSPS) is 24.1. The molecule has 1 aromatic carbocycles. The third-order valence-electron chi connectivity index (χ3n) is 3.66. The molecular formula is C14H19NO3. The van der Waals surface area contributed by atoms with Crippen LogP contribution in [-0.2, 0) is 11.3 Å². The number of para-hydroxylation sites is 1. The van der Waals surface area contributed by atoms with Gasteiger partial charge in [-0.1, -0.05) is 18.2 Å². The molecule has 2 rings (SSSR count). The second kappa shape index (κ2) is 4.98. The second-order valence-corrected chi connectivity index (χ2v) is 5.14. The number of carbonyl (C=O) groups is 1. The average Bonchev–Trinajstić information content (AvgIpc) is 2.73. The molecule has 1 aromatic rings. The lowest BCUT2D eigenvalue weighted by Crippen LogP contribution is -2.31. The van der Waals surface area contributed by atoms with E-state index in [9.17, 15) is 9.90 Å². The number of benzene rings is 1. The molecule has 1 fully saturated rings. The van der Waals surface area contributed by atoms with E-state index >= 15 is 0 Å². The Kier molecular flexibility index (Phi) is 3.57. The van der Waals surface area contributed by atoms with Crippen molar-refractivity contribution in [3.63, 3.8) is 0 Å². The zero-order valence-corrected chi connectivity index (χ0v) is 10.8. The Morgan fingerprint density at radius 3 is 2.83 bits per heavy atom. The van der Waals surface area contributed by atoms with Crippen molar-refractivity contribution in [2.75, 3.05) is 20.2 Å². The van der Waals surface area contributed by atoms with E-state index in [0.717, 1.165) is 24.4 Å². The third-order valence-corrected chi connectivity index (χ3v) is 3.66. The minimum atomic E-state index is -0.704. The summed E-state index contributed by atoms with van der Waals surface area (Å²) >= 11 is 0. The summed E-state index contributed by atoms with van der Waals surface area (Å²) in [7, 11) is 1.66. The van der Waals surface area contributed by atoms with Gasteiger partial charge in [-0.3, -0.25) is 9.69 Å². The number of rotatable bonds is 4. The van der Waals surface area contributed by atoms with E-state index in [1.807, 2.05) is 31.2 Å². The number of carboxylic acid groups (broad SMARTS) is 1. The van der Waals surface area contributed by atoms with Gasteiger partial charge < -0.3 is 9.84 Å². The maximum absolute atomic E-state index is 11.2. The maximum Gasteiger partial charge on any atom is 0.310 e. The molecule has 1 heterocycles. The minimum absolute atomic E-state index is 0.598. The van der Waals surface area contributed by atoms with Crippen molar-refractivity contribution in [3.8, 4) is 5.75 Å². The molecule has 1 aliphatic rings. The highest BCUT2D eigenvalue weighted by Gasteiger charge is 2.40. The van der Waals surface area contributed by atoms with Crippen molar-refractivity contribution in [1.82, 2.24) is 4.90 Å². The van der Waals surface area contributed by atoms with Gasteiger partial charge in [0.1, 0.15) is 5.75 Å². The number of hydrogen-bond donors (Lipinski definition) is 1. The first-order chi connectivity index (χ1) is 8.55. The molecule has 1 N–H and O–H groups in total. The van der Waals surface area contributed by atoms with Crippen LogP contribution in [0.3, 0.4) is 0 Å². The molecule has 0 aromatic heterocycles. The maximum atomic E-state index is 11.2. The highest BCUT2D eigenvalue weighted by Crippen LogP contribution is 2.32. The quantitative estimate of drug-likeness (QED) is 0.886. The van der Waals surface area contributed by atoms with Gasteiger partial charge in [0, 0.05) is 18.7 Å². The molecule has 1 aliphatic heterocycles. The summed E-state index contributed by atoms with van der Waals surface area (Å²) in [5.41, 5.74) is 0.497. The monoisotopic (exact) mass is 249 g/mol. The van der Waals surface area contributed by atoms with Crippen LogP contribution in [0, 0.1) is 5.41 Å². The number of nitrogens with zero attached hydrogens (tertiary/aromatic N) is 1. The fourth-order valence-corrected chi connectivity index (χ4v) is 2.44. The number of methoxy groups -OCH3 is 1. The van der Waals surface area contributed by atoms with E-state index < -0.39 is 11.4 Å². The Balaban J connectivity index is 2.06. The summed E-state index contributed by atoms with van der Waals surface area (Å²) in [5.74, 6) is 0.159. The summed E-state index contributed by atoms with van der Waals surface area (Å²) < 4.78 is 5.31. The summed E-state index contributed by atoms with van der Waals surface area (Å²) in [6, 6.07) is 7.87. The molecule has 0 bridgehead atoms. The first-order valence-electron chi connectivity index (χ1n) is 6.13. The summed E-state index contributed by atoms with van der Waals surface area (Å²) in [5, 5.41) is 9.21. The zero-order valence-electron chi connectivity index (χ0n) is 10.8. The fourth-order valence-electron chi connectivity index (χ4n) is 2.44. The van der Waals surface area contributed by atoms with Crippen molar-refractivity contribution in [2.24, 2.45) is 5.41 Å². The number of aliphatic carboxylic acids is 1. The first-order valence-corrected chi connectivity index (χ1v) is 6.13. The molecule has 1 saturated heterocycles. The smallest absolute Gasteiger partial charge is 0.310 e. The minimum Gasteiger partial charge on any atom is -0.496 e. The van der Waals surface area contributed by atoms with Gasteiger partial charge in [-0.25, -0.2) is 0 Å². The van der Waals surface area contributed by atoms with E-state index in [1.165, 1.54) is 0 Å². The molecule has 4 heteroatoms. The largest absolute Gasteiger partial charge is 0.496 e. The molecule has 1 unspecified atom stereocenters. The van der Waals surface area contributed by atoms with Gasteiger partial charge in [-0.2, -0.15) is 0 Å². The molecule has 98 valence electrons. The number of hydrogen-bond acceptors (Lipinski definition) is 3. The molecule has 0 saturated carbocycles. The van der Waals surface area contributed by atoms with Gasteiger partial charge in [-0.15, -0.1) is 0 Å². The lowest BCUT2D eigenvalue weighted by Gasteiger charge is -2.20. The Morgan fingerprint density at radius 1 is 1.50 bits per heavy atom. The molecule has 0 radical (unpaired) electrons. The van der Waals surface area contributed by atoms with Crippen molar-refractivity contribution in [3.05, 3.63) is 29.8 Å². The van der Waals surface area contributed by atoms with E-state index in [-0.39, 0.29) is 0 Å². The Bertz CT molecular complexity index is 446. The van der Waals surface area contributed by atoms with Crippen molar-refractivity contribution in [2.45, 2.75) is 19.9 Å². The highest BCUT2D eigenvalue weighted by atomic mass is 16.5. The zero-order chi connectivity index (χ0) is 13.2. The van der Waals surface area contributed by atoms with Crippen LogP contribution >= 0.6 is 0 Å². The van der Waals surface area contributed by atoms with Crippen LogP contribution < -0.4 is 4.74 Å². The van der Waals surface area contributed by atoms with Crippen LogP contribution in [0.1, 0.15) is 18.9 Å². The van der Waals surface area contributed by atoms with Gasteiger partial charge in [0.05, 0.1) is 12.5 Å². The Labute approximate surface area is 107 Å². The first kappa shape index (κ1) is 12.9. The predicted octanol–water partition coefficient (Wildman–Crippen LogP) is 1.99. The Morgan fingerprint density at radius 2 is 2.22 bits per heavy atom. The molecule has 4 nitrogen and oxygen atoms in total. The van der Waals surface area contributed by atoms with Crippen LogP contribution in [0.15, 0.2) is 24.3 Å². The van der Waals surface area contributed by atoms with Gasteiger partial charge in [0.2, 0.25) is 0 Å². The lowest BCUT2D eigenvalue weighted by atomic mass is 9.90. The van der Waals surface area contributed by atoms with Gasteiger partial charge in [-0.05, 0) is 26.0 Å². The SMILES string of the molecule is COc1ccccc1CN1CCC(C)(C(=O)O)C1. The van der Waals surface area contributed by atoms with E-state index in [4.69, 9.17) is 4.74 Å². The van der Waals surface area contributed by atoms with Gasteiger partial charge in [0.15, 0.2) is 0 Å². The summed E-state index contributed by atoms with van der Waals surface area (Å²) in [4.78, 5) is 13.4. The number of carboxylic acids is 1. The van der Waals surface area contributed by atoms with Crippen molar-refractivity contribution >= 4 is 5.97 Å². The molecular weight excluding hydrogens is 230 g/mol. The summed E-state index contributed by atoms with van der Waals surface area (Å²) in [6.07, 6.45) is 0.706. The number of ether oxygens (including phenoxy) is 1. The Hall–Kier alpha value is -1.55. The van der Waals surface area contributed by atoms with Crippen LogP contribution in [0.4, 0.5) is 0 Å². The van der Waals surface area contributed by atoms with Crippen molar-refractivity contribution < 1.29 is 14.6 Å².